The molecule has 0 amide bonds. The Bertz CT molecular complexity index is 1360. The van der Waals surface area contributed by atoms with Crippen LogP contribution in [0, 0.1) is 11.6 Å². The average Bonchev–Trinajstić information content (AvgIpc) is 3.43. The molecule has 1 aromatic carbocycles. The third kappa shape index (κ3) is 5.58. The Morgan fingerprint density at radius 3 is 2.67 bits per heavy atom. The molecule has 33 heavy (non-hydrogen) atoms. The van der Waals surface area contributed by atoms with Crippen LogP contribution < -0.4 is 4.74 Å². The fourth-order valence-corrected chi connectivity index (χ4v) is 3.69. The number of halogens is 2. The van der Waals surface area contributed by atoms with Crippen LogP contribution in [0.4, 0.5) is 8.78 Å². The van der Waals surface area contributed by atoms with Crippen LogP contribution in [0.3, 0.4) is 0 Å². The number of benzene rings is 1. The Morgan fingerprint density at radius 1 is 1.12 bits per heavy atom. The van der Waals surface area contributed by atoms with Gasteiger partial charge in [0.2, 0.25) is 5.82 Å². The van der Waals surface area contributed by atoms with E-state index >= 15 is 0 Å². The van der Waals surface area contributed by atoms with E-state index in [4.69, 9.17) is 9.26 Å². The summed E-state index contributed by atoms with van der Waals surface area (Å²) in [7, 11) is -3.15. The van der Waals surface area contributed by atoms with Crippen LogP contribution in [0.15, 0.2) is 53.4 Å². The summed E-state index contributed by atoms with van der Waals surface area (Å²) in [4.78, 5) is 8.07. The fourth-order valence-electron chi connectivity index (χ4n) is 3.05. The minimum atomic E-state index is -3.15. The molecule has 172 valence electrons. The van der Waals surface area contributed by atoms with Gasteiger partial charge in [-0.25, -0.2) is 17.8 Å². The molecule has 0 fully saturated rings. The lowest BCUT2D eigenvalue weighted by Gasteiger charge is -2.07. The molecule has 0 aliphatic rings. The van der Waals surface area contributed by atoms with E-state index in [0.717, 1.165) is 12.5 Å². The molecular formula is C21H19F2N5O4S. The summed E-state index contributed by atoms with van der Waals surface area (Å²) in [6.45, 7) is 0.0667. The lowest BCUT2D eigenvalue weighted by atomic mass is 10.2. The van der Waals surface area contributed by atoms with Gasteiger partial charge in [-0.2, -0.15) is 14.5 Å². The number of rotatable bonds is 9. The summed E-state index contributed by atoms with van der Waals surface area (Å²) < 4.78 is 62.5. The van der Waals surface area contributed by atoms with Gasteiger partial charge >= 0.3 is 0 Å². The topological polar surface area (TPSA) is 113 Å². The molecule has 0 spiro atoms. The first kappa shape index (κ1) is 22.5. The van der Waals surface area contributed by atoms with Crippen molar-refractivity contribution in [3.05, 3.63) is 66.1 Å². The molecule has 12 heteroatoms. The summed E-state index contributed by atoms with van der Waals surface area (Å²) in [5, 5.41) is 8.37. The van der Waals surface area contributed by atoms with Gasteiger partial charge in [0, 0.05) is 17.9 Å². The number of ether oxygens (including phenoxy) is 1. The first-order valence-electron chi connectivity index (χ1n) is 9.85. The van der Waals surface area contributed by atoms with E-state index in [2.05, 4.69) is 20.2 Å². The summed E-state index contributed by atoms with van der Waals surface area (Å²) >= 11 is 0. The van der Waals surface area contributed by atoms with Crippen LogP contribution in [-0.2, 0) is 16.4 Å². The second-order valence-corrected chi connectivity index (χ2v) is 9.49. The summed E-state index contributed by atoms with van der Waals surface area (Å²) in [6, 6.07) is 9.55. The van der Waals surface area contributed by atoms with Crippen molar-refractivity contribution in [3.63, 3.8) is 0 Å². The highest BCUT2D eigenvalue weighted by molar-refractivity contribution is 7.90. The molecule has 3 aromatic heterocycles. The maximum atomic E-state index is 14.2. The smallest absolute Gasteiger partial charge is 0.254 e. The molecule has 0 saturated heterocycles. The molecule has 0 saturated carbocycles. The van der Waals surface area contributed by atoms with Gasteiger partial charge in [-0.05, 0) is 18.6 Å². The zero-order valence-electron chi connectivity index (χ0n) is 17.5. The van der Waals surface area contributed by atoms with Crippen LogP contribution in [-0.4, -0.2) is 51.9 Å². The van der Waals surface area contributed by atoms with E-state index in [9.17, 15) is 17.2 Å². The van der Waals surface area contributed by atoms with Gasteiger partial charge in [0.1, 0.15) is 33.3 Å². The molecule has 3 heterocycles. The highest BCUT2D eigenvalue weighted by Gasteiger charge is 2.18. The van der Waals surface area contributed by atoms with Gasteiger partial charge < -0.3 is 9.26 Å². The largest absolute Gasteiger partial charge is 0.475 e. The van der Waals surface area contributed by atoms with Gasteiger partial charge in [-0.15, -0.1) is 0 Å². The molecule has 4 aromatic rings. The van der Waals surface area contributed by atoms with E-state index in [-0.39, 0.29) is 48.5 Å². The normalized spacial score (nSPS) is 11.6. The molecule has 0 aliphatic heterocycles. The first-order valence-corrected chi connectivity index (χ1v) is 11.9. The molecule has 0 atom stereocenters. The minimum Gasteiger partial charge on any atom is -0.475 e. The molecule has 0 unspecified atom stereocenters. The van der Waals surface area contributed by atoms with Crippen LogP contribution in [0.1, 0.15) is 12.0 Å². The van der Waals surface area contributed by atoms with Crippen molar-refractivity contribution >= 4 is 9.84 Å². The molecule has 4 rings (SSSR count). The highest BCUT2D eigenvalue weighted by Crippen LogP contribution is 2.26. The minimum absolute atomic E-state index is 0.0354. The summed E-state index contributed by atoms with van der Waals surface area (Å²) in [5.74, 6) is -1.51. The van der Waals surface area contributed by atoms with E-state index in [1.54, 1.807) is 30.3 Å². The third-order valence-corrected chi connectivity index (χ3v) is 5.63. The first-order chi connectivity index (χ1) is 15.8. The molecule has 0 N–H and O–H groups in total. The molecule has 9 nitrogen and oxygen atoms in total. The van der Waals surface area contributed by atoms with Crippen LogP contribution >= 0.6 is 0 Å². The predicted molar refractivity (Wildman–Crippen MR) is 114 cm³/mol. The highest BCUT2D eigenvalue weighted by atomic mass is 32.2. The Labute approximate surface area is 188 Å². The fraction of sp³-hybridized carbons (Fsp3) is 0.238. The van der Waals surface area contributed by atoms with Crippen molar-refractivity contribution in [1.29, 1.82) is 0 Å². The lowest BCUT2D eigenvalue weighted by Crippen LogP contribution is -2.09. The van der Waals surface area contributed by atoms with Gasteiger partial charge in [0.25, 0.3) is 5.88 Å². The van der Waals surface area contributed by atoms with Crippen molar-refractivity contribution in [2.24, 2.45) is 0 Å². The molecule has 0 bridgehead atoms. The number of hydrogen-bond acceptors (Lipinski definition) is 8. The van der Waals surface area contributed by atoms with Gasteiger partial charge in [-0.1, -0.05) is 23.4 Å². The second kappa shape index (κ2) is 9.45. The van der Waals surface area contributed by atoms with Crippen LogP contribution in [0.5, 0.6) is 5.88 Å². The quantitative estimate of drug-likeness (QED) is 0.339. The Hall–Kier alpha value is -3.67. The number of sulfone groups is 1. The van der Waals surface area contributed by atoms with E-state index < -0.39 is 15.7 Å². The standard InChI is InChI=1S/C21H19F2N5O4S/c1-33(29,30)10-4-8-31-21-16(23)12-24-20(25-21)18-11-19(17-7-9-32-27-17)28(26-18)13-14-5-2-3-6-15(14)22/h2-3,5-7,9,11-12H,4,8,10,13H2,1H3. The van der Waals surface area contributed by atoms with E-state index in [1.807, 2.05) is 0 Å². The number of nitrogens with zero attached hydrogens (tertiary/aromatic N) is 5. The zero-order chi connectivity index (χ0) is 23.4. The van der Waals surface area contributed by atoms with E-state index in [0.29, 0.717) is 17.0 Å². The third-order valence-electron chi connectivity index (χ3n) is 4.60. The zero-order valence-corrected chi connectivity index (χ0v) is 18.3. The molecule has 0 radical (unpaired) electrons. The van der Waals surface area contributed by atoms with Crippen molar-refractivity contribution in [2.45, 2.75) is 13.0 Å². The van der Waals surface area contributed by atoms with Gasteiger partial charge in [0.15, 0.2) is 5.82 Å². The van der Waals surface area contributed by atoms with Crippen molar-refractivity contribution in [1.82, 2.24) is 24.9 Å². The summed E-state index contributed by atoms with van der Waals surface area (Å²) in [5.41, 5.74) is 1.67. The van der Waals surface area contributed by atoms with Crippen LogP contribution in [0.2, 0.25) is 0 Å². The summed E-state index contributed by atoms with van der Waals surface area (Å²) in [6.07, 6.45) is 3.64. The van der Waals surface area contributed by atoms with Gasteiger partial charge in [0.05, 0.1) is 30.8 Å². The van der Waals surface area contributed by atoms with Crippen molar-refractivity contribution in [3.8, 4) is 28.8 Å². The van der Waals surface area contributed by atoms with Crippen molar-refractivity contribution < 1.29 is 26.5 Å². The SMILES string of the molecule is CS(=O)(=O)CCCOc1nc(-c2cc(-c3ccon3)n(Cc3ccccc3F)n2)ncc1F. The maximum Gasteiger partial charge on any atom is 0.254 e. The van der Waals surface area contributed by atoms with Crippen LogP contribution in [0.25, 0.3) is 22.9 Å². The Balaban J connectivity index is 1.63. The number of hydrogen-bond donors (Lipinski definition) is 0. The Kier molecular flexibility index (Phi) is 6.45. The monoisotopic (exact) mass is 475 g/mol. The molecule has 0 aliphatic carbocycles. The van der Waals surface area contributed by atoms with E-state index in [1.165, 1.54) is 17.0 Å². The van der Waals surface area contributed by atoms with Crippen molar-refractivity contribution in [2.75, 3.05) is 18.6 Å². The average molecular weight is 475 g/mol. The lowest BCUT2D eigenvalue weighted by molar-refractivity contribution is 0.288. The maximum absolute atomic E-state index is 14.2. The molecular weight excluding hydrogens is 456 g/mol. The number of aromatic nitrogens is 5. The van der Waals surface area contributed by atoms with Gasteiger partial charge in [-0.3, -0.25) is 4.68 Å². The predicted octanol–water partition coefficient (Wildman–Crippen LogP) is 3.14. The second-order valence-electron chi connectivity index (χ2n) is 7.23. The Morgan fingerprint density at radius 2 is 1.94 bits per heavy atom.